The van der Waals surface area contributed by atoms with Gasteiger partial charge in [-0.05, 0) is 18.2 Å². The van der Waals surface area contributed by atoms with Gasteiger partial charge in [0.2, 0.25) is 0 Å². The highest BCUT2D eigenvalue weighted by atomic mass is 79.9. The number of hydrogen-bond donors (Lipinski definition) is 2. The number of rotatable bonds is 3. The molecule has 1 aliphatic rings. The summed E-state index contributed by atoms with van der Waals surface area (Å²) in [5.41, 5.74) is 7.51. The van der Waals surface area contributed by atoms with Gasteiger partial charge < -0.3 is 20.5 Å². The van der Waals surface area contributed by atoms with Gasteiger partial charge in [-0.25, -0.2) is 0 Å². The van der Waals surface area contributed by atoms with Gasteiger partial charge in [-0.1, -0.05) is 15.9 Å². The topological polar surface area (TPSA) is 56.5 Å². The monoisotopic (exact) mass is 286 g/mol. The quantitative estimate of drug-likeness (QED) is 0.833. The molecule has 1 atom stereocenters. The standard InChI is InChI=1S/C11H15BrN2O2/c12-8-1-2-10(13)11(5-8)14-6-9-7-15-3-4-16-9/h1-2,5,9,14H,3-4,6-7,13H2. The smallest absolute Gasteiger partial charge is 0.0981 e. The van der Waals surface area contributed by atoms with E-state index in [4.69, 9.17) is 15.2 Å². The van der Waals surface area contributed by atoms with Crippen molar-refractivity contribution in [2.75, 3.05) is 37.4 Å². The summed E-state index contributed by atoms with van der Waals surface area (Å²) in [4.78, 5) is 0. The van der Waals surface area contributed by atoms with Crippen molar-refractivity contribution in [2.24, 2.45) is 0 Å². The third-order valence-electron chi connectivity index (χ3n) is 2.42. The first kappa shape index (κ1) is 11.7. The van der Waals surface area contributed by atoms with Crippen LogP contribution in [0.15, 0.2) is 22.7 Å². The lowest BCUT2D eigenvalue weighted by Gasteiger charge is -2.23. The lowest BCUT2D eigenvalue weighted by molar-refractivity contribution is -0.0818. The maximum Gasteiger partial charge on any atom is 0.0981 e. The van der Waals surface area contributed by atoms with E-state index in [2.05, 4.69) is 21.2 Å². The molecule has 88 valence electrons. The van der Waals surface area contributed by atoms with Crippen LogP contribution >= 0.6 is 15.9 Å². The number of ether oxygens (including phenoxy) is 2. The Balaban J connectivity index is 1.90. The van der Waals surface area contributed by atoms with Crippen LogP contribution in [-0.4, -0.2) is 32.5 Å². The molecule has 2 rings (SSSR count). The summed E-state index contributed by atoms with van der Waals surface area (Å²) in [6.45, 7) is 2.71. The van der Waals surface area contributed by atoms with Crippen LogP contribution in [0.4, 0.5) is 11.4 Å². The summed E-state index contributed by atoms with van der Waals surface area (Å²) >= 11 is 3.41. The molecule has 0 amide bonds. The number of halogens is 1. The molecule has 0 bridgehead atoms. The van der Waals surface area contributed by atoms with Crippen molar-refractivity contribution in [3.8, 4) is 0 Å². The first-order valence-corrected chi connectivity index (χ1v) is 6.03. The molecule has 1 saturated heterocycles. The fourth-order valence-corrected chi connectivity index (χ4v) is 1.92. The maximum atomic E-state index is 5.85. The van der Waals surface area contributed by atoms with Gasteiger partial charge in [0.15, 0.2) is 0 Å². The zero-order chi connectivity index (χ0) is 11.4. The van der Waals surface area contributed by atoms with E-state index in [-0.39, 0.29) is 6.10 Å². The second-order valence-corrected chi connectivity index (χ2v) is 4.60. The van der Waals surface area contributed by atoms with E-state index in [9.17, 15) is 0 Å². The van der Waals surface area contributed by atoms with Crippen molar-refractivity contribution in [1.29, 1.82) is 0 Å². The van der Waals surface area contributed by atoms with Crippen molar-refractivity contribution in [3.63, 3.8) is 0 Å². The van der Waals surface area contributed by atoms with Crippen LogP contribution in [0.25, 0.3) is 0 Å². The van der Waals surface area contributed by atoms with Gasteiger partial charge >= 0.3 is 0 Å². The molecule has 0 radical (unpaired) electrons. The number of nitrogens with two attached hydrogens (primary N) is 1. The summed E-state index contributed by atoms with van der Waals surface area (Å²) < 4.78 is 11.9. The van der Waals surface area contributed by atoms with Gasteiger partial charge in [0.1, 0.15) is 0 Å². The van der Waals surface area contributed by atoms with Gasteiger partial charge in [-0.3, -0.25) is 0 Å². The zero-order valence-corrected chi connectivity index (χ0v) is 10.5. The number of anilines is 2. The molecule has 3 N–H and O–H groups in total. The van der Waals surface area contributed by atoms with E-state index >= 15 is 0 Å². The molecule has 1 fully saturated rings. The fourth-order valence-electron chi connectivity index (χ4n) is 1.56. The van der Waals surface area contributed by atoms with Gasteiger partial charge in [0.25, 0.3) is 0 Å². The average molecular weight is 287 g/mol. The summed E-state index contributed by atoms with van der Waals surface area (Å²) in [5, 5.41) is 3.26. The number of nitrogen functional groups attached to an aromatic ring is 1. The van der Waals surface area contributed by atoms with Crippen molar-refractivity contribution < 1.29 is 9.47 Å². The summed E-state index contributed by atoms with van der Waals surface area (Å²) in [6.07, 6.45) is 0.104. The summed E-state index contributed by atoms with van der Waals surface area (Å²) in [7, 11) is 0. The number of benzene rings is 1. The van der Waals surface area contributed by atoms with Gasteiger partial charge in [-0.2, -0.15) is 0 Å². The molecule has 5 heteroatoms. The predicted molar refractivity (Wildman–Crippen MR) is 67.6 cm³/mol. The number of hydrogen-bond acceptors (Lipinski definition) is 4. The van der Waals surface area contributed by atoms with Crippen molar-refractivity contribution in [3.05, 3.63) is 22.7 Å². The predicted octanol–water partition coefficient (Wildman–Crippen LogP) is 1.86. The Hall–Kier alpha value is -0.780. The third-order valence-corrected chi connectivity index (χ3v) is 2.91. The van der Waals surface area contributed by atoms with E-state index < -0.39 is 0 Å². The minimum Gasteiger partial charge on any atom is -0.397 e. The first-order valence-electron chi connectivity index (χ1n) is 5.24. The highest BCUT2D eigenvalue weighted by Crippen LogP contribution is 2.23. The molecular formula is C11H15BrN2O2. The van der Waals surface area contributed by atoms with Gasteiger partial charge in [-0.15, -0.1) is 0 Å². The summed E-state index contributed by atoms with van der Waals surface area (Å²) in [5.74, 6) is 0. The average Bonchev–Trinajstić information content (AvgIpc) is 2.32. The first-order chi connectivity index (χ1) is 7.75. The zero-order valence-electron chi connectivity index (χ0n) is 8.91. The van der Waals surface area contributed by atoms with Crippen LogP contribution in [0.3, 0.4) is 0 Å². The Bertz CT molecular complexity index is 354. The molecule has 1 aromatic rings. The van der Waals surface area contributed by atoms with Crippen LogP contribution in [0.2, 0.25) is 0 Å². The largest absolute Gasteiger partial charge is 0.397 e. The molecule has 4 nitrogen and oxygen atoms in total. The Kier molecular flexibility index (Phi) is 4.04. The Morgan fingerprint density at radius 2 is 2.31 bits per heavy atom. The van der Waals surface area contributed by atoms with Crippen LogP contribution in [0.1, 0.15) is 0 Å². The molecule has 0 aromatic heterocycles. The SMILES string of the molecule is Nc1ccc(Br)cc1NCC1COCCO1. The van der Waals surface area contributed by atoms with E-state index in [1.165, 1.54) is 0 Å². The Morgan fingerprint density at radius 1 is 1.44 bits per heavy atom. The maximum absolute atomic E-state index is 5.85. The lowest BCUT2D eigenvalue weighted by Crippen LogP contribution is -2.34. The normalized spacial score (nSPS) is 20.7. The number of nitrogens with one attached hydrogen (secondary N) is 1. The minimum absolute atomic E-state index is 0.104. The highest BCUT2D eigenvalue weighted by Gasteiger charge is 2.14. The van der Waals surface area contributed by atoms with Crippen molar-refractivity contribution in [2.45, 2.75) is 6.10 Å². The van der Waals surface area contributed by atoms with Crippen molar-refractivity contribution >= 4 is 27.3 Å². The molecule has 1 unspecified atom stereocenters. The second kappa shape index (κ2) is 5.52. The van der Waals surface area contributed by atoms with Crippen LogP contribution < -0.4 is 11.1 Å². The van der Waals surface area contributed by atoms with E-state index in [1.807, 2.05) is 18.2 Å². The minimum atomic E-state index is 0.104. The van der Waals surface area contributed by atoms with E-state index in [0.29, 0.717) is 26.4 Å². The van der Waals surface area contributed by atoms with Gasteiger partial charge in [0, 0.05) is 11.0 Å². The Labute approximate surface area is 103 Å². The van der Waals surface area contributed by atoms with Crippen LogP contribution in [0.5, 0.6) is 0 Å². The van der Waals surface area contributed by atoms with Crippen LogP contribution in [-0.2, 0) is 9.47 Å². The molecule has 0 spiro atoms. The molecule has 1 aromatic carbocycles. The summed E-state index contributed by atoms with van der Waals surface area (Å²) in [6, 6.07) is 5.74. The molecular weight excluding hydrogens is 272 g/mol. The van der Waals surface area contributed by atoms with Crippen molar-refractivity contribution in [1.82, 2.24) is 0 Å². The lowest BCUT2D eigenvalue weighted by atomic mass is 10.2. The molecule has 0 saturated carbocycles. The molecule has 1 aliphatic heterocycles. The Morgan fingerprint density at radius 3 is 3.06 bits per heavy atom. The third kappa shape index (κ3) is 3.10. The fraction of sp³-hybridized carbons (Fsp3) is 0.455. The molecule has 0 aliphatic carbocycles. The highest BCUT2D eigenvalue weighted by molar-refractivity contribution is 9.10. The van der Waals surface area contributed by atoms with Crippen LogP contribution in [0, 0.1) is 0 Å². The van der Waals surface area contributed by atoms with Gasteiger partial charge in [0.05, 0.1) is 37.3 Å². The second-order valence-electron chi connectivity index (χ2n) is 3.68. The van der Waals surface area contributed by atoms with E-state index in [1.54, 1.807) is 0 Å². The molecule has 1 heterocycles. The molecule has 16 heavy (non-hydrogen) atoms. The van der Waals surface area contributed by atoms with E-state index in [0.717, 1.165) is 15.8 Å².